The molecule has 3 rings (SSSR count). The Morgan fingerprint density at radius 3 is 2.52 bits per heavy atom. The van der Waals surface area contributed by atoms with Crippen LogP contribution in [0, 0.1) is 0 Å². The van der Waals surface area contributed by atoms with Crippen molar-refractivity contribution in [2.75, 3.05) is 18.0 Å². The van der Waals surface area contributed by atoms with E-state index in [-0.39, 0.29) is 31.1 Å². The van der Waals surface area contributed by atoms with Gasteiger partial charge < -0.3 is 10.1 Å². The number of carbonyl (C=O) groups excluding carboxylic acids is 3. The summed E-state index contributed by atoms with van der Waals surface area (Å²) in [4.78, 5) is 37.6. The van der Waals surface area contributed by atoms with E-state index in [9.17, 15) is 14.4 Å². The fraction of sp³-hybridized carbons (Fsp3) is 0.250. The SMILES string of the molecule is O=C(CCC(=O)c1ccccc1Cl)NCC1CN(c2ccccc2)C(=O)O1. The van der Waals surface area contributed by atoms with E-state index in [0.717, 1.165) is 5.69 Å². The number of ether oxygens (including phenoxy) is 1. The molecule has 7 heteroatoms. The summed E-state index contributed by atoms with van der Waals surface area (Å²) >= 11 is 5.99. The molecule has 6 nitrogen and oxygen atoms in total. The van der Waals surface area contributed by atoms with Gasteiger partial charge in [-0.3, -0.25) is 14.5 Å². The van der Waals surface area contributed by atoms with Crippen LogP contribution in [-0.2, 0) is 9.53 Å². The second kappa shape index (κ2) is 8.68. The third kappa shape index (κ3) is 4.86. The summed E-state index contributed by atoms with van der Waals surface area (Å²) in [6, 6.07) is 15.9. The molecule has 1 saturated heterocycles. The number of nitrogens with zero attached hydrogens (tertiary/aromatic N) is 1. The Kier molecular flexibility index (Phi) is 6.08. The van der Waals surface area contributed by atoms with Gasteiger partial charge in [0.15, 0.2) is 5.78 Å². The molecule has 0 radical (unpaired) electrons. The number of halogens is 1. The number of hydrogen-bond acceptors (Lipinski definition) is 4. The monoisotopic (exact) mass is 386 g/mol. The number of anilines is 1. The topological polar surface area (TPSA) is 75.7 Å². The summed E-state index contributed by atoms with van der Waals surface area (Å²) in [5.41, 5.74) is 1.16. The van der Waals surface area contributed by atoms with E-state index >= 15 is 0 Å². The van der Waals surface area contributed by atoms with Crippen molar-refractivity contribution < 1.29 is 19.1 Å². The second-order valence-corrected chi connectivity index (χ2v) is 6.57. The summed E-state index contributed by atoms with van der Waals surface area (Å²) in [5, 5.41) is 3.09. The number of benzene rings is 2. The molecule has 27 heavy (non-hydrogen) atoms. The highest BCUT2D eigenvalue weighted by molar-refractivity contribution is 6.34. The first kappa shape index (κ1) is 18.9. The van der Waals surface area contributed by atoms with Gasteiger partial charge in [0.25, 0.3) is 0 Å². The number of ketones is 1. The number of carbonyl (C=O) groups is 3. The van der Waals surface area contributed by atoms with Gasteiger partial charge in [0, 0.05) is 24.1 Å². The molecule has 0 bridgehead atoms. The summed E-state index contributed by atoms with van der Waals surface area (Å²) < 4.78 is 5.28. The molecule has 2 aromatic rings. The first-order valence-electron chi connectivity index (χ1n) is 8.62. The Labute approximate surface area is 162 Å². The van der Waals surface area contributed by atoms with E-state index < -0.39 is 12.2 Å². The van der Waals surface area contributed by atoms with Crippen LogP contribution in [0.2, 0.25) is 5.02 Å². The van der Waals surface area contributed by atoms with Crippen LogP contribution in [0.5, 0.6) is 0 Å². The maximum absolute atomic E-state index is 12.1. The third-order valence-electron chi connectivity index (χ3n) is 4.22. The van der Waals surface area contributed by atoms with Gasteiger partial charge in [-0.25, -0.2) is 4.79 Å². The van der Waals surface area contributed by atoms with Crippen molar-refractivity contribution in [2.45, 2.75) is 18.9 Å². The van der Waals surface area contributed by atoms with Gasteiger partial charge in [0.05, 0.1) is 18.1 Å². The Bertz CT molecular complexity index is 841. The number of nitrogens with one attached hydrogen (secondary N) is 1. The van der Waals surface area contributed by atoms with Crippen molar-refractivity contribution >= 4 is 35.1 Å². The molecular formula is C20H19ClN2O4. The van der Waals surface area contributed by atoms with Crippen LogP contribution in [0.1, 0.15) is 23.2 Å². The van der Waals surface area contributed by atoms with Crippen molar-refractivity contribution in [3.05, 3.63) is 65.2 Å². The highest BCUT2D eigenvalue weighted by Gasteiger charge is 2.32. The lowest BCUT2D eigenvalue weighted by Gasteiger charge is -2.12. The molecule has 0 aliphatic carbocycles. The van der Waals surface area contributed by atoms with Gasteiger partial charge in [-0.05, 0) is 24.3 Å². The van der Waals surface area contributed by atoms with Crippen LogP contribution in [0.25, 0.3) is 0 Å². The van der Waals surface area contributed by atoms with Gasteiger partial charge in [0.1, 0.15) is 6.10 Å². The summed E-state index contributed by atoms with van der Waals surface area (Å²) in [6.07, 6.45) is -0.751. The van der Waals surface area contributed by atoms with E-state index in [1.807, 2.05) is 30.3 Å². The Balaban J connectivity index is 1.44. The molecule has 0 aromatic heterocycles. The molecule has 1 N–H and O–H groups in total. The minimum absolute atomic E-state index is 0.0487. The molecule has 1 fully saturated rings. The van der Waals surface area contributed by atoms with Crippen molar-refractivity contribution in [3.63, 3.8) is 0 Å². The Morgan fingerprint density at radius 2 is 1.78 bits per heavy atom. The number of hydrogen-bond donors (Lipinski definition) is 1. The van der Waals surface area contributed by atoms with Crippen molar-refractivity contribution in [3.8, 4) is 0 Å². The molecule has 1 unspecified atom stereocenters. The quantitative estimate of drug-likeness (QED) is 0.739. The predicted octanol–water partition coefficient (Wildman–Crippen LogP) is 3.44. The minimum atomic E-state index is -0.436. The second-order valence-electron chi connectivity index (χ2n) is 6.16. The first-order chi connectivity index (χ1) is 13.0. The molecule has 2 aromatic carbocycles. The largest absolute Gasteiger partial charge is 0.442 e. The van der Waals surface area contributed by atoms with Crippen molar-refractivity contribution in [1.82, 2.24) is 5.32 Å². The van der Waals surface area contributed by atoms with Crippen LogP contribution >= 0.6 is 11.6 Å². The smallest absolute Gasteiger partial charge is 0.414 e. The highest BCUT2D eigenvalue weighted by atomic mass is 35.5. The standard InChI is InChI=1S/C20H19ClN2O4/c21-17-9-5-4-8-16(17)18(24)10-11-19(25)22-12-15-13-23(20(26)27-15)14-6-2-1-3-7-14/h1-9,15H,10-13H2,(H,22,25). The number of para-hydroxylation sites is 1. The van der Waals surface area contributed by atoms with Crippen molar-refractivity contribution in [1.29, 1.82) is 0 Å². The Hall–Kier alpha value is -2.86. The Morgan fingerprint density at radius 1 is 1.07 bits per heavy atom. The fourth-order valence-electron chi connectivity index (χ4n) is 2.81. The molecule has 1 atom stereocenters. The van der Waals surface area contributed by atoms with E-state index in [4.69, 9.17) is 16.3 Å². The lowest BCUT2D eigenvalue weighted by atomic mass is 10.1. The van der Waals surface area contributed by atoms with Crippen LogP contribution < -0.4 is 10.2 Å². The summed E-state index contributed by atoms with van der Waals surface area (Å²) in [5.74, 6) is -0.456. The molecule has 140 valence electrons. The molecular weight excluding hydrogens is 368 g/mol. The zero-order valence-electron chi connectivity index (χ0n) is 14.6. The number of rotatable bonds is 7. The number of Topliss-reactive ketones (excluding diaryl/α,β-unsaturated/α-hetero) is 1. The molecule has 0 spiro atoms. The number of cyclic esters (lactones) is 1. The zero-order chi connectivity index (χ0) is 19.2. The lowest BCUT2D eigenvalue weighted by molar-refractivity contribution is -0.121. The van der Waals surface area contributed by atoms with Gasteiger partial charge >= 0.3 is 6.09 Å². The zero-order valence-corrected chi connectivity index (χ0v) is 15.3. The summed E-state index contributed by atoms with van der Waals surface area (Å²) in [7, 11) is 0. The van der Waals surface area contributed by atoms with E-state index in [1.54, 1.807) is 24.3 Å². The van der Waals surface area contributed by atoms with Crippen LogP contribution in [0.4, 0.5) is 10.5 Å². The summed E-state index contributed by atoms with van der Waals surface area (Å²) in [6.45, 7) is 0.565. The third-order valence-corrected chi connectivity index (χ3v) is 4.55. The van der Waals surface area contributed by atoms with Crippen LogP contribution in [0.15, 0.2) is 54.6 Å². The predicted molar refractivity (Wildman–Crippen MR) is 102 cm³/mol. The van der Waals surface area contributed by atoms with Crippen LogP contribution in [-0.4, -0.2) is 37.0 Å². The van der Waals surface area contributed by atoms with Gasteiger partial charge in [-0.2, -0.15) is 0 Å². The van der Waals surface area contributed by atoms with E-state index in [1.165, 1.54) is 4.90 Å². The normalized spacial score (nSPS) is 16.1. The van der Waals surface area contributed by atoms with Gasteiger partial charge in [-0.1, -0.05) is 41.9 Å². The van der Waals surface area contributed by atoms with Gasteiger partial charge in [0.2, 0.25) is 5.91 Å². The van der Waals surface area contributed by atoms with E-state index in [2.05, 4.69) is 5.32 Å². The fourth-order valence-corrected chi connectivity index (χ4v) is 3.05. The molecule has 2 amide bonds. The lowest BCUT2D eigenvalue weighted by Crippen LogP contribution is -2.34. The average Bonchev–Trinajstić information content (AvgIpc) is 3.06. The maximum Gasteiger partial charge on any atom is 0.414 e. The maximum atomic E-state index is 12.1. The number of amides is 2. The van der Waals surface area contributed by atoms with E-state index in [0.29, 0.717) is 17.1 Å². The van der Waals surface area contributed by atoms with Gasteiger partial charge in [-0.15, -0.1) is 0 Å². The molecule has 1 heterocycles. The minimum Gasteiger partial charge on any atom is -0.442 e. The molecule has 0 saturated carbocycles. The van der Waals surface area contributed by atoms with Crippen molar-refractivity contribution in [2.24, 2.45) is 0 Å². The van der Waals surface area contributed by atoms with Crippen LogP contribution in [0.3, 0.4) is 0 Å². The first-order valence-corrected chi connectivity index (χ1v) is 9.00. The molecule has 1 aliphatic rings. The average molecular weight is 387 g/mol. The highest BCUT2D eigenvalue weighted by Crippen LogP contribution is 2.21. The molecule has 1 aliphatic heterocycles.